The minimum Gasteiger partial charge on any atom is -0.454 e. The summed E-state index contributed by atoms with van der Waals surface area (Å²) in [5.41, 5.74) is 1.17. The zero-order chi connectivity index (χ0) is 12.4. The summed E-state index contributed by atoms with van der Waals surface area (Å²) in [7, 11) is 0. The largest absolute Gasteiger partial charge is 0.454 e. The molecule has 0 aliphatic carbocycles. The van der Waals surface area contributed by atoms with Gasteiger partial charge in [-0.25, -0.2) is 0 Å². The van der Waals surface area contributed by atoms with Crippen LogP contribution in [0.3, 0.4) is 0 Å². The van der Waals surface area contributed by atoms with E-state index in [1.807, 2.05) is 12.1 Å². The first-order valence-electron chi connectivity index (χ1n) is 6.65. The molecule has 0 spiro atoms. The highest BCUT2D eigenvalue weighted by atomic mass is 16.7. The predicted octanol–water partition coefficient (Wildman–Crippen LogP) is 2.96. The molecule has 3 rings (SSSR count). The average molecular weight is 245 g/mol. The molecular formula is C15H19NO2. The highest BCUT2D eigenvalue weighted by Gasteiger charge is 2.15. The quantitative estimate of drug-likeness (QED) is 0.869. The standard InChI is InChI=1S/C15H19NO2/c1-11-3-2-4-13(16-11)7-5-12-6-8-14-15(9-12)18-10-17-14/h5-9,11,13,16H,2-4,10H2,1H3/b7-5+. The summed E-state index contributed by atoms with van der Waals surface area (Å²) in [4.78, 5) is 0. The van der Waals surface area contributed by atoms with Gasteiger partial charge in [-0.15, -0.1) is 0 Å². The molecule has 0 aromatic heterocycles. The summed E-state index contributed by atoms with van der Waals surface area (Å²) in [6.07, 6.45) is 8.24. The van der Waals surface area contributed by atoms with Gasteiger partial charge in [0, 0.05) is 12.1 Å². The third-order valence-corrected chi connectivity index (χ3v) is 3.57. The maximum Gasteiger partial charge on any atom is 0.231 e. The number of nitrogens with one attached hydrogen (secondary N) is 1. The summed E-state index contributed by atoms with van der Waals surface area (Å²) in [6.45, 7) is 2.59. The lowest BCUT2D eigenvalue weighted by molar-refractivity contribution is 0.174. The SMILES string of the molecule is CC1CCCC(/C=C/c2ccc3c(c2)OCO3)N1. The molecule has 2 unspecified atom stereocenters. The van der Waals surface area contributed by atoms with Gasteiger partial charge in [-0.3, -0.25) is 0 Å². The highest BCUT2D eigenvalue weighted by Crippen LogP contribution is 2.32. The van der Waals surface area contributed by atoms with Gasteiger partial charge < -0.3 is 14.8 Å². The Kier molecular flexibility index (Phi) is 3.24. The maximum absolute atomic E-state index is 5.38. The Hall–Kier alpha value is -1.48. The van der Waals surface area contributed by atoms with Gasteiger partial charge in [-0.05, 0) is 37.5 Å². The maximum atomic E-state index is 5.38. The molecule has 0 bridgehead atoms. The summed E-state index contributed by atoms with van der Waals surface area (Å²) in [6, 6.07) is 7.20. The Balaban J connectivity index is 1.68. The van der Waals surface area contributed by atoms with E-state index in [1.165, 1.54) is 24.8 Å². The van der Waals surface area contributed by atoms with Crippen LogP contribution in [-0.4, -0.2) is 18.9 Å². The van der Waals surface area contributed by atoms with Gasteiger partial charge in [0.1, 0.15) is 0 Å². The third-order valence-electron chi connectivity index (χ3n) is 3.57. The smallest absolute Gasteiger partial charge is 0.231 e. The average Bonchev–Trinajstić information content (AvgIpc) is 2.84. The molecule has 1 N–H and O–H groups in total. The molecule has 0 saturated carbocycles. The topological polar surface area (TPSA) is 30.5 Å². The van der Waals surface area contributed by atoms with Crippen LogP contribution in [0.2, 0.25) is 0 Å². The van der Waals surface area contributed by atoms with Crippen LogP contribution in [0.1, 0.15) is 31.7 Å². The van der Waals surface area contributed by atoms with Crippen LogP contribution in [0.4, 0.5) is 0 Å². The van der Waals surface area contributed by atoms with Crippen molar-refractivity contribution < 1.29 is 9.47 Å². The monoisotopic (exact) mass is 245 g/mol. The summed E-state index contributed by atoms with van der Waals surface area (Å²) < 4.78 is 10.7. The number of piperidine rings is 1. The van der Waals surface area contributed by atoms with Crippen LogP contribution in [0, 0.1) is 0 Å². The lowest BCUT2D eigenvalue weighted by Crippen LogP contribution is -2.39. The molecule has 1 fully saturated rings. The summed E-state index contributed by atoms with van der Waals surface area (Å²) >= 11 is 0. The van der Waals surface area contributed by atoms with E-state index >= 15 is 0 Å². The van der Waals surface area contributed by atoms with Crippen molar-refractivity contribution in [2.75, 3.05) is 6.79 Å². The normalized spacial score (nSPS) is 26.7. The Bertz CT molecular complexity index is 456. The van der Waals surface area contributed by atoms with Crippen LogP contribution in [0.15, 0.2) is 24.3 Å². The number of ether oxygens (including phenoxy) is 2. The molecule has 1 aromatic rings. The van der Waals surface area contributed by atoms with Gasteiger partial charge in [0.2, 0.25) is 6.79 Å². The Labute approximate surface area is 108 Å². The van der Waals surface area contributed by atoms with E-state index in [9.17, 15) is 0 Å². The first-order chi connectivity index (χ1) is 8.81. The number of fused-ring (bicyclic) bond motifs is 1. The molecule has 2 heterocycles. The van der Waals surface area contributed by atoms with Gasteiger partial charge in [0.15, 0.2) is 11.5 Å². The molecular weight excluding hydrogens is 226 g/mol. The van der Waals surface area contributed by atoms with Crippen LogP contribution in [0.25, 0.3) is 6.08 Å². The van der Waals surface area contributed by atoms with Gasteiger partial charge in [0.05, 0.1) is 0 Å². The van der Waals surface area contributed by atoms with Gasteiger partial charge >= 0.3 is 0 Å². The van der Waals surface area contributed by atoms with Crippen LogP contribution < -0.4 is 14.8 Å². The summed E-state index contributed by atoms with van der Waals surface area (Å²) in [5.74, 6) is 1.69. The second-order valence-electron chi connectivity index (χ2n) is 5.08. The molecule has 2 aliphatic heterocycles. The third kappa shape index (κ3) is 2.51. The van der Waals surface area contributed by atoms with Crippen LogP contribution >= 0.6 is 0 Å². The zero-order valence-corrected chi connectivity index (χ0v) is 10.7. The number of hydrogen-bond acceptors (Lipinski definition) is 3. The fraction of sp³-hybridized carbons (Fsp3) is 0.467. The van der Waals surface area contributed by atoms with Crippen molar-refractivity contribution in [2.24, 2.45) is 0 Å². The predicted molar refractivity (Wildman–Crippen MR) is 71.8 cm³/mol. The van der Waals surface area contributed by atoms with Crippen molar-refractivity contribution in [1.29, 1.82) is 0 Å². The molecule has 2 aliphatic rings. The van der Waals surface area contributed by atoms with E-state index in [4.69, 9.17) is 9.47 Å². The van der Waals surface area contributed by atoms with Crippen molar-refractivity contribution >= 4 is 6.08 Å². The van der Waals surface area contributed by atoms with Crippen molar-refractivity contribution in [3.05, 3.63) is 29.8 Å². The molecule has 3 heteroatoms. The Morgan fingerprint density at radius 1 is 1.22 bits per heavy atom. The second-order valence-corrected chi connectivity index (χ2v) is 5.08. The lowest BCUT2D eigenvalue weighted by atomic mass is 9.99. The fourth-order valence-electron chi connectivity index (χ4n) is 2.57. The first-order valence-corrected chi connectivity index (χ1v) is 6.65. The number of rotatable bonds is 2. The molecule has 1 aromatic carbocycles. The van der Waals surface area contributed by atoms with E-state index in [1.54, 1.807) is 0 Å². The molecule has 1 saturated heterocycles. The van der Waals surface area contributed by atoms with E-state index in [0.29, 0.717) is 18.9 Å². The van der Waals surface area contributed by atoms with Crippen molar-refractivity contribution in [1.82, 2.24) is 5.32 Å². The lowest BCUT2D eigenvalue weighted by Gasteiger charge is -2.26. The van der Waals surface area contributed by atoms with Crippen LogP contribution in [0.5, 0.6) is 11.5 Å². The molecule has 18 heavy (non-hydrogen) atoms. The minimum atomic E-state index is 0.337. The molecule has 96 valence electrons. The number of hydrogen-bond donors (Lipinski definition) is 1. The van der Waals surface area contributed by atoms with Gasteiger partial charge in [-0.2, -0.15) is 0 Å². The van der Waals surface area contributed by atoms with Crippen molar-refractivity contribution in [3.63, 3.8) is 0 Å². The highest BCUT2D eigenvalue weighted by molar-refractivity contribution is 5.56. The Morgan fingerprint density at radius 2 is 2.11 bits per heavy atom. The second kappa shape index (κ2) is 5.02. The molecule has 3 nitrogen and oxygen atoms in total. The number of benzene rings is 1. The van der Waals surface area contributed by atoms with Crippen molar-refractivity contribution in [2.45, 2.75) is 38.3 Å². The van der Waals surface area contributed by atoms with E-state index in [-0.39, 0.29) is 0 Å². The fourth-order valence-corrected chi connectivity index (χ4v) is 2.57. The van der Waals surface area contributed by atoms with E-state index in [0.717, 1.165) is 11.5 Å². The van der Waals surface area contributed by atoms with Gasteiger partial charge in [0.25, 0.3) is 0 Å². The first kappa shape index (κ1) is 11.6. The molecule has 0 amide bonds. The van der Waals surface area contributed by atoms with Gasteiger partial charge in [-0.1, -0.05) is 24.6 Å². The van der Waals surface area contributed by atoms with Crippen LogP contribution in [-0.2, 0) is 0 Å². The molecule has 0 radical (unpaired) electrons. The minimum absolute atomic E-state index is 0.337. The van der Waals surface area contributed by atoms with E-state index in [2.05, 4.69) is 30.5 Å². The summed E-state index contributed by atoms with van der Waals surface area (Å²) in [5, 5.41) is 3.60. The zero-order valence-electron chi connectivity index (χ0n) is 10.7. The molecule has 2 atom stereocenters. The Morgan fingerprint density at radius 3 is 3.00 bits per heavy atom. The van der Waals surface area contributed by atoms with Crippen molar-refractivity contribution in [3.8, 4) is 11.5 Å². The van der Waals surface area contributed by atoms with E-state index < -0.39 is 0 Å².